The Labute approximate surface area is 190 Å². The number of carbonyl (C=O) groups is 1. The summed E-state index contributed by atoms with van der Waals surface area (Å²) in [6.45, 7) is 2.13. The van der Waals surface area contributed by atoms with Crippen molar-refractivity contribution in [1.29, 1.82) is 0 Å². The number of thioether (sulfide) groups is 1. The third-order valence-electron chi connectivity index (χ3n) is 5.26. The SMILES string of the molecule is CCCCSC1=NN2C(=c3ccccc3=NC2c2c(OC)cc(OC)cc2OC)C(=O)N1. The number of amides is 1. The van der Waals surface area contributed by atoms with Crippen LogP contribution in [0.4, 0.5) is 0 Å². The fourth-order valence-electron chi connectivity index (χ4n) is 3.68. The van der Waals surface area contributed by atoms with Gasteiger partial charge in [-0.05, 0) is 12.5 Å². The van der Waals surface area contributed by atoms with E-state index in [1.165, 1.54) is 11.8 Å². The van der Waals surface area contributed by atoms with Gasteiger partial charge in [-0.2, -0.15) is 0 Å². The van der Waals surface area contributed by atoms with E-state index in [4.69, 9.17) is 24.3 Å². The molecule has 0 radical (unpaired) electrons. The van der Waals surface area contributed by atoms with Gasteiger partial charge in [0.2, 0.25) is 0 Å². The number of para-hydroxylation sites is 1. The van der Waals surface area contributed by atoms with Crippen molar-refractivity contribution < 1.29 is 19.0 Å². The Balaban J connectivity index is 1.92. The average Bonchev–Trinajstić information content (AvgIpc) is 2.82. The highest BCUT2D eigenvalue weighted by atomic mass is 32.2. The first-order valence-electron chi connectivity index (χ1n) is 10.4. The number of methoxy groups -OCH3 is 3. The van der Waals surface area contributed by atoms with Crippen LogP contribution in [0, 0.1) is 0 Å². The second kappa shape index (κ2) is 9.52. The molecule has 0 aromatic heterocycles. The molecule has 0 fully saturated rings. The van der Waals surface area contributed by atoms with E-state index in [0.717, 1.165) is 23.8 Å². The van der Waals surface area contributed by atoms with Crippen molar-refractivity contribution in [3.63, 3.8) is 0 Å². The number of unbranched alkanes of at least 4 members (excludes halogenated alkanes) is 1. The number of benzene rings is 2. The molecule has 0 saturated heterocycles. The first kappa shape index (κ1) is 22.0. The van der Waals surface area contributed by atoms with Crippen molar-refractivity contribution in [3.8, 4) is 17.2 Å². The van der Waals surface area contributed by atoms with Crippen molar-refractivity contribution in [2.24, 2.45) is 10.1 Å². The molecule has 1 atom stereocenters. The van der Waals surface area contributed by atoms with Crippen molar-refractivity contribution in [1.82, 2.24) is 10.3 Å². The molecule has 1 amide bonds. The van der Waals surface area contributed by atoms with E-state index in [0.29, 0.717) is 39.0 Å². The van der Waals surface area contributed by atoms with Crippen LogP contribution in [0.5, 0.6) is 17.2 Å². The fraction of sp³-hybridized carbons (Fsp3) is 0.348. The van der Waals surface area contributed by atoms with Crippen molar-refractivity contribution >= 4 is 28.5 Å². The second-order valence-corrected chi connectivity index (χ2v) is 8.30. The summed E-state index contributed by atoms with van der Waals surface area (Å²) in [6, 6.07) is 11.1. The predicted octanol–water partition coefficient (Wildman–Crippen LogP) is 2.39. The monoisotopic (exact) mass is 454 g/mol. The van der Waals surface area contributed by atoms with Crippen LogP contribution in [-0.4, -0.2) is 43.2 Å². The van der Waals surface area contributed by atoms with Crippen molar-refractivity contribution in [2.45, 2.75) is 25.9 Å². The quantitative estimate of drug-likeness (QED) is 0.647. The summed E-state index contributed by atoms with van der Waals surface area (Å²) in [6.07, 6.45) is 1.46. The highest BCUT2D eigenvalue weighted by Crippen LogP contribution is 2.43. The zero-order valence-corrected chi connectivity index (χ0v) is 19.4. The van der Waals surface area contributed by atoms with E-state index < -0.39 is 6.17 Å². The van der Waals surface area contributed by atoms with E-state index >= 15 is 0 Å². The van der Waals surface area contributed by atoms with Gasteiger partial charge in [0.25, 0.3) is 5.91 Å². The lowest BCUT2D eigenvalue weighted by Crippen LogP contribution is -2.50. The van der Waals surface area contributed by atoms with Gasteiger partial charge in [-0.3, -0.25) is 15.1 Å². The Hall–Kier alpha value is -3.20. The van der Waals surface area contributed by atoms with Crippen LogP contribution in [0.3, 0.4) is 0 Å². The minimum absolute atomic E-state index is 0.210. The number of hydrogen-bond acceptors (Lipinski definition) is 8. The van der Waals surface area contributed by atoms with Crippen molar-refractivity contribution in [3.05, 3.63) is 52.5 Å². The number of nitrogens with one attached hydrogen (secondary N) is 1. The van der Waals surface area contributed by atoms with Crippen LogP contribution in [0.2, 0.25) is 0 Å². The van der Waals surface area contributed by atoms with Crippen LogP contribution in [0.15, 0.2) is 46.5 Å². The van der Waals surface area contributed by atoms with Gasteiger partial charge in [-0.1, -0.05) is 43.3 Å². The fourth-order valence-corrected chi connectivity index (χ4v) is 4.62. The Morgan fingerprint density at radius 2 is 1.81 bits per heavy atom. The summed E-state index contributed by atoms with van der Waals surface area (Å²) in [4.78, 5) is 18.2. The normalized spacial score (nSPS) is 16.9. The minimum atomic E-state index is -0.650. The van der Waals surface area contributed by atoms with E-state index in [-0.39, 0.29) is 5.91 Å². The summed E-state index contributed by atoms with van der Waals surface area (Å²) in [7, 11) is 4.74. The molecule has 0 spiro atoms. The zero-order valence-electron chi connectivity index (χ0n) is 18.5. The van der Waals surface area contributed by atoms with E-state index in [2.05, 4.69) is 12.2 Å². The Morgan fingerprint density at radius 3 is 2.47 bits per heavy atom. The highest BCUT2D eigenvalue weighted by molar-refractivity contribution is 8.13. The molecular weight excluding hydrogens is 428 g/mol. The lowest BCUT2D eigenvalue weighted by molar-refractivity contribution is -0.116. The Kier molecular flexibility index (Phi) is 6.55. The number of amidine groups is 1. The first-order valence-corrected chi connectivity index (χ1v) is 11.4. The third kappa shape index (κ3) is 4.00. The lowest BCUT2D eigenvalue weighted by atomic mass is 10.1. The zero-order chi connectivity index (χ0) is 22.7. The second-order valence-electron chi connectivity index (χ2n) is 7.22. The van der Waals surface area contributed by atoms with E-state index in [1.54, 1.807) is 38.5 Å². The Morgan fingerprint density at radius 1 is 1.09 bits per heavy atom. The smallest absolute Gasteiger partial charge is 0.276 e. The molecule has 0 bridgehead atoms. The van der Waals surface area contributed by atoms with Gasteiger partial charge < -0.3 is 14.2 Å². The Bertz CT molecular complexity index is 1160. The molecule has 1 N–H and O–H groups in total. The van der Waals surface area contributed by atoms with Crippen LogP contribution in [0.1, 0.15) is 31.5 Å². The van der Waals surface area contributed by atoms with Crippen LogP contribution < -0.4 is 30.1 Å². The standard InChI is InChI=1S/C23H26N4O4S/c1-5-6-11-32-23-25-22(28)20-15-9-7-8-10-16(15)24-21(27(20)26-23)19-17(30-3)12-14(29-2)13-18(19)31-4/h7-10,12-13,21H,5-6,11H2,1-4H3,(H,25,26,28). The number of fused-ring (bicyclic) bond motifs is 2. The topological polar surface area (TPSA) is 84.8 Å². The van der Waals surface area contributed by atoms with Crippen molar-refractivity contribution in [2.75, 3.05) is 27.1 Å². The molecule has 4 rings (SSSR count). The number of carbonyl (C=O) groups excluding carboxylic acids is 1. The molecule has 2 aliphatic rings. The van der Waals surface area contributed by atoms with Gasteiger partial charge in [0.15, 0.2) is 11.3 Å². The molecule has 8 nitrogen and oxygen atoms in total. The summed E-state index contributed by atoms with van der Waals surface area (Å²) < 4.78 is 16.7. The summed E-state index contributed by atoms with van der Waals surface area (Å²) in [5.74, 6) is 2.33. The summed E-state index contributed by atoms with van der Waals surface area (Å²) in [5.41, 5.74) is 1.11. The molecule has 9 heteroatoms. The highest BCUT2D eigenvalue weighted by Gasteiger charge is 2.37. The van der Waals surface area contributed by atoms with Gasteiger partial charge in [-0.15, -0.1) is 5.10 Å². The van der Waals surface area contributed by atoms with Gasteiger partial charge in [0.1, 0.15) is 22.9 Å². The number of nitrogens with zero attached hydrogens (tertiary/aromatic N) is 3. The van der Waals surface area contributed by atoms with E-state index in [1.807, 2.05) is 24.3 Å². The largest absolute Gasteiger partial charge is 0.496 e. The number of hydrogen-bond donors (Lipinski definition) is 1. The maximum absolute atomic E-state index is 13.2. The van der Waals surface area contributed by atoms with Gasteiger partial charge in [0, 0.05) is 23.1 Å². The molecule has 168 valence electrons. The minimum Gasteiger partial charge on any atom is -0.496 e. The van der Waals surface area contributed by atoms with Gasteiger partial charge in [0.05, 0.1) is 32.3 Å². The molecule has 1 unspecified atom stereocenters. The maximum Gasteiger partial charge on any atom is 0.276 e. The number of ether oxygens (including phenoxy) is 3. The lowest BCUT2D eigenvalue weighted by Gasteiger charge is -2.35. The van der Waals surface area contributed by atoms with Gasteiger partial charge >= 0.3 is 0 Å². The first-order chi connectivity index (χ1) is 15.6. The number of rotatable bonds is 7. The molecular formula is C23H26N4O4S. The molecule has 32 heavy (non-hydrogen) atoms. The molecule has 2 heterocycles. The summed E-state index contributed by atoms with van der Waals surface area (Å²) in [5, 5.41) is 11.4. The molecule has 2 aliphatic heterocycles. The predicted molar refractivity (Wildman–Crippen MR) is 124 cm³/mol. The van der Waals surface area contributed by atoms with E-state index in [9.17, 15) is 4.79 Å². The molecule has 2 aromatic rings. The molecule has 2 aromatic carbocycles. The average molecular weight is 455 g/mol. The summed E-state index contributed by atoms with van der Waals surface area (Å²) >= 11 is 1.52. The third-order valence-corrected chi connectivity index (χ3v) is 6.21. The van der Waals surface area contributed by atoms with Crippen LogP contribution >= 0.6 is 11.8 Å². The molecule has 0 aliphatic carbocycles. The number of hydrazone groups is 1. The molecule has 0 saturated carbocycles. The maximum atomic E-state index is 13.2. The van der Waals surface area contributed by atoms with Crippen LogP contribution in [0.25, 0.3) is 5.70 Å². The van der Waals surface area contributed by atoms with Crippen LogP contribution in [-0.2, 0) is 4.79 Å². The van der Waals surface area contributed by atoms with Gasteiger partial charge in [-0.25, -0.2) is 5.01 Å².